The molecule has 0 saturated heterocycles. The van der Waals surface area contributed by atoms with E-state index in [-0.39, 0.29) is 5.69 Å². The van der Waals surface area contributed by atoms with Gasteiger partial charge in [0.2, 0.25) is 0 Å². The Kier molecular flexibility index (Phi) is 5.21. The molecule has 0 unspecified atom stereocenters. The fourth-order valence-corrected chi connectivity index (χ4v) is 1.51. The van der Waals surface area contributed by atoms with Crippen molar-refractivity contribution >= 4 is 5.91 Å². The Balaban J connectivity index is 2.55. The number of aromatic nitrogens is 1. The maximum atomic E-state index is 12.3. The van der Waals surface area contributed by atoms with Crippen molar-refractivity contribution in [1.29, 1.82) is 0 Å². The van der Waals surface area contributed by atoms with Crippen LogP contribution in [0.4, 0.5) is 13.2 Å². The number of carbonyl (C=O) groups is 1. The van der Waals surface area contributed by atoms with Crippen LogP contribution < -0.4 is 10.6 Å². The highest BCUT2D eigenvalue weighted by molar-refractivity contribution is 5.92. The largest absolute Gasteiger partial charge is 0.406 e. The summed E-state index contributed by atoms with van der Waals surface area (Å²) in [6.07, 6.45) is -2.36. The van der Waals surface area contributed by atoms with E-state index < -0.39 is 18.6 Å². The maximum Gasteiger partial charge on any atom is 0.406 e. The summed E-state index contributed by atoms with van der Waals surface area (Å²) in [4.78, 5) is 11.7. The van der Waals surface area contributed by atoms with E-state index in [0.29, 0.717) is 6.54 Å². The fraction of sp³-hybridized carbons (Fsp3) is 0.545. The van der Waals surface area contributed by atoms with Crippen molar-refractivity contribution in [1.82, 2.24) is 15.2 Å². The molecule has 1 heterocycles. The Morgan fingerprint density at radius 3 is 2.72 bits per heavy atom. The van der Waals surface area contributed by atoms with Gasteiger partial charge in [0.05, 0.1) is 0 Å². The molecule has 0 bridgehead atoms. The van der Waals surface area contributed by atoms with Crippen LogP contribution in [0.15, 0.2) is 18.3 Å². The molecular formula is C11H16F3N3O. The van der Waals surface area contributed by atoms with Gasteiger partial charge in [0.1, 0.15) is 12.2 Å². The number of nitrogens with one attached hydrogen (secondary N) is 2. The summed E-state index contributed by atoms with van der Waals surface area (Å²) >= 11 is 0. The SMILES string of the molecule is CNCCCNC(=O)c1cccn1CC(F)(F)F. The molecule has 0 aliphatic rings. The molecule has 1 rings (SSSR count). The highest BCUT2D eigenvalue weighted by atomic mass is 19.4. The smallest absolute Gasteiger partial charge is 0.351 e. The fourth-order valence-electron chi connectivity index (χ4n) is 1.51. The predicted molar refractivity (Wildman–Crippen MR) is 61.4 cm³/mol. The monoisotopic (exact) mass is 263 g/mol. The first-order chi connectivity index (χ1) is 8.44. The van der Waals surface area contributed by atoms with Gasteiger partial charge in [-0.05, 0) is 32.1 Å². The molecule has 0 saturated carbocycles. The summed E-state index contributed by atoms with van der Waals surface area (Å²) in [5.41, 5.74) is 0.0248. The third-order valence-electron chi connectivity index (χ3n) is 2.30. The molecular weight excluding hydrogens is 247 g/mol. The number of hydrogen-bond donors (Lipinski definition) is 2. The van der Waals surface area contributed by atoms with Crippen LogP contribution in [0.3, 0.4) is 0 Å². The summed E-state index contributed by atoms with van der Waals surface area (Å²) in [6.45, 7) is 0.0139. The van der Waals surface area contributed by atoms with Gasteiger partial charge in [-0.15, -0.1) is 0 Å². The van der Waals surface area contributed by atoms with Crippen molar-refractivity contribution in [3.8, 4) is 0 Å². The van der Waals surface area contributed by atoms with E-state index in [1.54, 1.807) is 7.05 Å². The van der Waals surface area contributed by atoms with Crippen molar-refractivity contribution in [2.24, 2.45) is 0 Å². The summed E-state index contributed by atoms with van der Waals surface area (Å²) < 4.78 is 37.7. The lowest BCUT2D eigenvalue weighted by molar-refractivity contribution is -0.140. The van der Waals surface area contributed by atoms with Crippen LogP contribution in [0, 0.1) is 0 Å². The quantitative estimate of drug-likeness (QED) is 0.762. The van der Waals surface area contributed by atoms with E-state index in [4.69, 9.17) is 0 Å². The molecule has 0 radical (unpaired) electrons. The second kappa shape index (κ2) is 6.44. The van der Waals surface area contributed by atoms with Gasteiger partial charge < -0.3 is 15.2 Å². The second-order valence-corrected chi connectivity index (χ2v) is 3.85. The molecule has 1 aromatic rings. The number of rotatable bonds is 6. The van der Waals surface area contributed by atoms with Gasteiger partial charge in [0, 0.05) is 12.7 Å². The Hall–Kier alpha value is -1.50. The van der Waals surface area contributed by atoms with Crippen molar-refractivity contribution in [3.05, 3.63) is 24.0 Å². The molecule has 18 heavy (non-hydrogen) atoms. The van der Waals surface area contributed by atoms with Gasteiger partial charge >= 0.3 is 6.18 Å². The maximum absolute atomic E-state index is 12.3. The third kappa shape index (κ3) is 4.79. The van der Waals surface area contributed by atoms with Crippen LogP contribution in [0.25, 0.3) is 0 Å². The van der Waals surface area contributed by atoms with Crippen molar-refractivity contribution in [3.63, 3.8) is 0 Å². The highest BCUT2D eigenvalue weighted by Gasteiger charge is 2.29. The zero-order chi connectivity index (χ0) is 13.6. The summed E-state index contributed by atoms with van der Waals surface area (Å²) in [6, 6.07) is 2.80. The van der Waals surface area contributed by atoms with E-state index in [2.05, 4.69) is 10.6 Å². The highest BCUT2D eigenvalue weighted by Crippen LogP contribution is 2.18. The lowest BCUT2D eigenvalue weighted by atomic mass is 10.3. The van der Waals surface area contributed by atoms with Gasteiger partial charge in [-0.3, -0.25) is 4.79 Å². The van der Waals surface area contributed by atoms with Crippen molar-refractivity contribution < 1.29 is 18.0 Å². The van der Waals surface area contributed by atoms with Crippen molar-refractivity contribution in [2.75, 3.05) is 20.1 Å². The molecule has 0 aromatic carbocycles. The first-order valence-corrected chi connectivity index (χ1v) is 5.59. The number of carbonyl (C=O) groups excluding carboxylic acids is 1. The lowest BCUT2D eigenvalue weighted by Crippen LogP contribution is -2.30. The molecule has 0 aliphatic heterocycles. The van der Waals surface area contributed by atoms with Crippen LogP contribution >= 0.6 is 0 Å². The van der Waals surface area contributed by atoms with E-state index in [1.807, 2.05) is 0 Å². The molecule has 0 fully saturated rings. The summed E-state index contributed by atoms with van der Waals surface area (Å²) in [5, 5.41) is 5.49. The molecule has 1 amide bonds. The first-order valence-electron chi connectivity index (χ1n) is 5.59. The Bertz CT molecular complexity index is 387. The number of halogens is 3. The zero-order valence-corrected chi connectivity index (χ0v) is 10.0. The minimum Gasteiger partial charge on any atom is -0.351 e. The van der Waals surface area contributed by atoms with Gasteiger partial charge in [-0.2, -0.15) is 13.2 Å². The number of alkyl halides is 3. The van der Waals surface area contributed by atoms with Gasteiger partial charge in [-0.1, -0.05) is 0 Å². The molecule has 102 valence electrons. The van der Waals surface area contributed by atoms with Gasteiger partial charge in [0.15, 0.2) is 0 Å². The predicted octanol–water partition coefficient (Wildman–Crippen LogP) is 1.39. The molecule has 0 spiro atoms. The van der Waals surface area contributed by atoms with E-state index in [9.17, 15) is 18.0 Å². The molecule has 2 N–H and O–H groups in total. The van der Waals surface area contributed by atoms with E-state index in [1.165, 1.54) is 18.3 Å². The number of nitrogens with zero attached hydrogens (tertiary/aromatic N) is 1. The minimum absolute atomic E-state index is 0.0248. The molecule has 7 heteroatoms. The van der Waals surface area contributed by atoms with Crippen LogP contribution in [0.2, 0.25) is 0 Å². The average Bonchev–Trinajstić information content (AvgIpc) is 2.69. The van der Waals surface area contributed by atoms with Crippen molar-refractivity contribution in [2.45, 2.75) is 19.1 Å². The third-order valence-corrected chi connectivity index (χ3v) is 2.30. The Morgan fingerprint density at radius 1 is 1.39 bits per heavy atom. The number of hydrogen-bond acceptors (Lipinski definition) is 2. The number of amides is 1. The van der Waals surface area contributed by atoms with Gasteiger partial charge in [-0.25, -0.2) is 0 Å². The molecule has 4 nitrogen and oxygen atoms in total. The topological polar surface area (TPSA) is 46.1 Å². The Labute approximate surface area is 103 Å². The van der Waals surface area contributed by atoms with Crippen LogP contribution in [0.1, 0.15) is 16.9 Å². The van der Waals surface area contributed by atoms with E-state index in [0.717, 1.165) is 17.5 Å². The van der Waals surface area contributed by atoms with Crippen LogP contribution in [-0.2, 0) is 6.54 Å². The summed E-state index contributed by atoms with van der Waals surface area (Å²) in [7, 11) is 1.79. The summed E-state index contributed by atoms with van der Waals surface area (Å²) in [5.74, 6) is -0.486. The normalized spacial score (nSPS) is 11.6. The van der Waals surface area contributed by atoms with E-state index >= 15 is 0 Å². The lowest BCUT2D eigenvalue weighted by Gasteiger charge is -2.11. The average molecular weight is 263 g/mol. The molecule has 1 aromatic heterocycles. The molecule has 0 aliphatic carbocycles. The zero-order valence-electron chi connectivity index (χ0n) is 10.0. The van der Waals surface area contributed by atoms with Crippen LogP contribution in [0.5, 0.6) is 0 Å². The van der Waals surface area contributed by atoms with Crippen LogP contribution in [-0.4, -0.2) is 36.8 Å². The standard InChI is InChI=1S/C11H16F3N3O/c1-15-5-3-6-16-10(18)9-4-2-7-17(9)8-11(12,13)14/h2,4,7,15H,3,5-6,8H2,1H3,(H,16,18). The first kappa shape index (κ1) is 14.6. The molecule has 0 atom stereocenters. The Morgan fingerprint density at radius 2 is 2.11 bits per heavy atom. The van der Waals surface area contributed by atoms with Gasteiger partial charge in [0.25, 0.3) is 5.91 Å². The minimum atomic E-state index is -4.33. The second-order valence-electron chi connectivity index (χ2n) is 3.85.